The molecule has 0 heterocycles. The third-order valence-electron chi connectivity index (χ3n) is 4.38. The summed E-state index contributed by atoms with van der Waals surface area (Å²) < 4.78 is 0. The first-order valence-corrected chi connectivity index (χ1v) is 11.7. The van der Waals surface area contributed by atoms with Crippen LogP contribution in [0.25, 0.3) is 5.20 Å². The molecule has 0 radical (unpaired) electrons. The molecule has 23 heavy (non-hydrogen) atoms. The lowest BCUT2D eigenvalue weighted by atomic mass is 10.1. The number of hydrogen-bond acceptors (Lipinski definition) is 0. The summed E-state index contributed by atoms with van der Waals surface area (Å²) in [4.78, 5) is 0. The van der Waals surface area contributed by atoms with Gasteiger partial charge in [0, 0.05) is 5.54 Å². The van der Waals surface area contributed by atoms with Crippen LogP contribution in [0.3, 0.4) is 0 Å². The first kappa shape index (κ1) is 17.8. The molecule has 2 aromatic carbocycles. The van der Waals surface area contributed by atoms with Gasteiger partial charge in [-0.3, -0.25) is 0 Å². The zero-order chi connectivity index (χ0) is 16.7. The Balaban J connectivity index is 2.38. The van der Waals surface area contributed by atoms with Crippen LogP contribution in [0, 0.1) is 0 Å². The molecule has 0 aliphatic carbocycles. The summed E-state index contributed by atoms with van der Waals surface area (Å²) in [5.74, 6) is 0. The van der Waals surface area contributed by atoms with Crippen LogP contribution in [0.4, 0.5) is 0 Å². The molecule has 0 nitrogen and oxygen atoms in total. The summed E-state index contributed by atoms with van der Waals surface area (Å²) in [7, 11) is -1.82. The summed E-state index contributed by atoms with van der Waals surface area (Å²) in [5.41, 5.74) is 7.49. The van der Waals surface area contributed by atoms with Crippen molar-refractivity contribution in [2.75, 3.05) is 0 Å². The van der Waals surface area contributed by atoms with Gasteiger partial charge in [0.05, 0.1) is 0 Å². The average Bonchev–Trinajstić information content (AvgIpc) is 2.59. The van der Waals surface area contributed by atoms with Crippen LogP contribution in [-0.2, 0) is 6.42 Å². The summed E-state index contributed by atoms with van der Waals surface area (Å²) in [5, 5.41) is 2.65. The van der Waals surface area contributed by atoms with E-state index in [4.69, 9.17) is 11.6 Å². The van der Waals surface area contributed by atoms with Crippen molar-refractivity contribution in [2.45, 2.75) is 39.3 Å². The van der Waals surface area contributed by atoms with Crippen molar-refractivity contribution in [3.8, 4) is 0 Å². The van der Waals surface area contributed by atoms with Gasteiger partial charge in [-0.25, -0.2) is 0 Å². The van der Waals surface area contributed by atoms with E-state index in [0.29, 0.717) is 0 Å². The van der Waals surface area contributed by atoms with Crippen molar-refractivity contribution in [1.82, 2.24) is 0 Å². The predicted octanol–water partition coefficient (Wildman–Crippen LogP) is 5.92. The molecule has 2 rings (SSSR count). The Morgan fingerprint density at radius 1 is 1.04 bits per heavy atom. The van der Waals surface area contributed by atoms with Crippen molar-refractivity contribution in [3.63, 3.8) is 0 Å². The van der Waals surface area contributed by atoms with E-state index in [1.54, 1.807) is 0 Å². The smallest absolute Gasteiger partial charge is 0.109 e. The van der Waals surface area contributed by atoms with Gasteiger partial charge in [0.2, 0.25) is 0 Å². The summed E-state index contributed by atoms with van der Waals surface area (Å²) in [6.45, 7) is 6.94. The standard InChI is InChI=1S/C21H25ClSi/c1-4-5-9-18-12-14-19(15-13-18)21(16-17-22)23(2,3)20-10-7-6-8-11-20/h6-8,10-15,17H,4-5,9H2,1-3H3. The van der Waals surface area contributed by atoms with Gasteiger partial charge in [0.1, 0.15) is 8.07 Å². The Morgan fingerprint density at radius 2 is 1.70 bits per heavy atom. The normalized spacial score (nSPS) is 11.0. The number of benzene rings is 2. The Morgan fingerprint density at radius 3 is 2.26 bits per heavy atom. The molecule has 0 atom stereocenters. The zero-order valence-electron chi connectivity index (χ0n) is 14.3. The molecule has 0 aliphatic heterocycles. The van der Waals surface area contributed by atoms with Crippen LogP contribution in [0.2, 0.25) is 13.1 Å². The fourth-order valence-electron chi connectivity index (χ4n) is 2.90. The van der Waals surface area contributed by atoms with Gasteiger partial charge in [0.15, 0.2) is 0 Å². The maximum atomic E-state index is 5.90. The summed E-state index contributed by atoms with van der Waals surface area (Å²) in [6.07, 6.45) is 3.63. The topological polar surface area (TPSA) is 0 Å². The predicted molar refractivity (Wildman–Crippen MR) is 106 cm³/mol. The van der Waals surface area contributed by atoms with Gasteiger partial charge in [-0.1, -0.05) is 97.8 Å². The molecule has 0 N–H and O–H groups in total. The Bertz CT molecular complexity index is 678. The molecular formula is C21H25ClSi. The second-order valence-corrected chi connectivity index (χ2v) is 11.0. The Kier molecular flexibility index (Phi) is 6.47. The number of rotatable bonds is 6. The van der Waals surface area contributed by atoms with Crippen molar-refractivity contribution in [1.29, 1.82) is 0 Å². The second-order valence-electron chi connectivity index (χ2n) is 6.42. The quantitative estimate of drug-likeness (QED) is 0.452. The number of halogens is 1. The van der Waals surface area contributed by atoms with Crippen molar-refractivity contribution in [3.05, 3.63) is 77.0 Å². The molecule has 120 valence electrons. The molecule has 2 aromatic rings. The monoisotopic (exact) mass is 340 g/mol. The maximum absolute atomic E-state index is 5.90. The molecule has 0 amide bonds. The van der Waals surface area contributed by atoms with E-state index in [1.165, 1.54) is 39.9 Å². The molecule has 0 saturated heterocycles. The first-order chi connectivity index (χ1) is 11.1. The number of hydrogen-bond donors (Lipinski definition) is 0. The maximum Gasteiger partial charge on any atom is 0.122 e. The highest BCUT2D eigenvalue weighted by Crippen LogP contribution is 2.26. The van der Waals surface area contributed by atoms with Gasteiger partial charge >= 0.3 is 0 Å². The number of unbranched alkanes of at least 4 members (excludes halogenated alkanes) is 1. The van der Waals surface area contributed by atoms with E-state index >= 15 is 0 Å². The van der Waals surface area contributed by atoms with Crippen LogP contribution in [0.5, 0.6) is 0 Å². The van der Waals surface area contributed by atoms with Crippen LogP contribution in [-0.4, -0.2) is 8.07 Å². The molecule has 0 aliphatic rings. The van der Waals surface area contributed by atoms with Crippen molar-refractivity contribution in [2.24, 2.45) is 0 Å². The minimum Gasteiger partial charge on any atom is -0.109 e. The summed E-state index contributed by atoms with van der Waals surface area (Å²) >= 11 is 5.90. The van der Waals surface area contributed by atoms with E-state index in [1.807, 2.05) is 0 Å². The molecule has 0 aromatic heterocycles. The van der Waals surface area contributed by atoms with Gasteiger partial charge < -0.3 is 0 Å². The zero-order valence-corrected chi connectivity index (χ0v) is 16.0. The third-order valence-corrected chi connectivity index (χ3v) is 7.95. The lowest BCUT2D eigenvalue weighted by Crippen LogP contribution is -2.42. The fraction of sp³-hybridized carbons (Fsp3) is 0.286. The van der Waals surface area contributed by atoms with E-state index < -0.39 is 8.07 Å². The highest BCUT2D eigenvalue weighted by atomic mass is 35.5. The van der Waals surface area contributed by atoms with E-state index in [2.05, 4.69) is 80.3 Å². The lowest BCUT2D eigenvalue weighted by Gasteiger charge is -2.25. The average molecular weight is 341 g/mol. The van der Waals surface area contributed by atoms with E-state index in [-0.39, 0.29) is 0 Å². The third kappa shape index (κ3) is 4.48. The minimum atomic E-state index is -1.82. The molecular weight excluding hydrogens is 316 g/mol. The van der Waals surface area contributed by atoms with E-state index in [0.717, 1.165) is 6.42 Å². The van der Waals surface area contributed by atoms with Gasteiger partial charge in [-0.05, 0) is 29.2 Å². The SMILES string of the molecule is CCCCc1ccc(C(=C=CCl)[Si](C)(C)c2ccccc2)cc1. The Hall–Kier alpha value is -1.53. The summed E-state index contributed by atoms with van der Waals surface area (Å²) in [6, 6.07) is 19.7. The molecule has 2 heteroatoms. The van der Waals surface area contributed by atoms with Gasteiger partial charge in [-0.2, -0.15) is 0 Å². The van der Waals surface area contributed by atoms with Gasteiger partial charge in [0.25, 0.3) is 0 Å². The van der Waals surface area contributed by atoms with Crippen LogP contribution in [0.15, 0.2) is 65.9 Å². The lowest BCUT2D eigenvalue weighted by molar-refractivity contribution is 0.795. The van der Waals surface area contributed by atoms with Gasteiger partial charge in [-0.15, -0.1) is 5.73 Å². The van der Waals surface area contributed by atoms with Crippen molar-refractivity contribution < 1.29 is 0 Å². The van der Waals surface area contributed by atoms with Crippen molar-refractivity contribution >= 4 is 30.1 Å². The molecule has 0 bridgehead atoms. The Labute approximate surface area is 146 Å². The molecule has 0 saturated carbocycles. The highest BCUT2D eigenvalue weighted by molar-refractivity contribution is 7.04. The van der Waals surface area contributed by atoms with Crippen LogP contribution in [0.1, 0.15) is 30.9 Å². The molecule has 0 unspecified atom stereocenters. The second kappa shape index (κ2) is 8.36. The van der Waals surface area contributed by atoms with E-state index in [9.17, 15) is 0 Å². The number of aryl methyl sites for hydroxylation is 1. The van der Waals surface area contributed by atoms with Crippen LogP contribution < -0.4 is 5.19 Å². The first-order valence-electron chi connectivity index (χ1n) is 8.30. The molecule has 0 spiro atoms. The minimum absolute atomic E-state index is 1.15. The largest absolute Gasteiger partial charge is 0.122 e. The fourth-order valence-corrected chi connectivity index (χ4v) is 5.73. The van der Waals surface area contributed by atoms with Crippen LogP contribution >= 0.6 is 11.6 Å². The highest BCUT2D eigenvalue weighted by Gasteiger charge is 2.29. The molecule has 0 fully saturated rings.